The standard InChI is InChI=1S/C14H15NO2S/c1-8-6-9(2)18-14(8)13(16)11-7-10(17-3)4-5-12(11)15/h4-7H,15H2,1-3H3. The zero-order valence-electron chi connectivity index (χ0n) is 10.6. The fourth-order valence-corrected chi connectivity index (χ4v) is 2.83. The van der Waals surface area contributed by atoms with Crippen LogP contribution in [0.4, 0.5) is 5.69 Å². The first-order valence-corrected chi connectivity index (χ1v) is 6.40. The number of hydrogen-bond donors (Lipinski definition) is 1. The molecule has 3 nitrogen and oxygen atoms in total. The van der Waals surface area contributed by atoms with Gasteiger partial charge in [0.15, 0.2) is 0 Å². The summed E-state index contributed by atoms with van der Waals surface area (Å²) in [6.07, 6.45) is 0. The van der Waals surface area contributed by atoms with E-state index >= 15 is 0 Å². The molecule has 1 aromatic heterocycles. The van der Waals surface area contributed by atoms with Crippen molar-refractivity contribution in [3.63, 3.8) is 0 Å². The first-order valence-electron chi connectivity index (χ1n) is 5.58. The molecule has 2 aromatic rings. The zero-order chi connectivity index (χ0) is 13.3. The van der Waals surface area contributed by atoms with Gasteiger partial charge in [-0.1, -0.05) is 0 Å². The molecule has 0 amide bonds. The lowest BCUT2D eigenvalue weighted by atomic mass is 10.1. The van der Waals surface area contributed by atoms with Crippen molar-refractivity contribution in [3.05, 3.63) is 45.1 Å². The third-order valence-corrected chi connectivity index (χ3v) is 3.90. The van der Waals surface area contributed by atoms with Crippen molar-refractivity contribution in [2.24, 2.45) is 0 Å². The summed E-state index contributed by atoms with van der Waals surface area (Å²) in [5, 5.41) is 0. The van der Waals surface area contributed by atoms with Crippen molar-refractivity contribution in [3.8, 4) is 5.75 Å². The average Bonchev–Trinajstić information content (AvgIpc) is 2.68. The van der Waals surface area contributed by atoms with Gasteiger partial charge < -0.3 is 10.5 Å². The Hall–Kier alpha value is -1.81. The van der Waals surface area contributed by atoms with Crippen LogP contribution in [0.25, 0.3) is 0 Å². The predicted octanol–water partition coefficient (Wildman–Crippen LogP) is 3.19. The van der Waals surface area contributed by atoms with Crippen LogP contribution < -0.4 is 10.5 Å². The molecular formula is C14H15NO2S. The zero-order valence-corrected chi connectivity index (χ0v) is 11.4. The van der Waals surface area contributed by atoms with Gasteiger partial charge in [0.2, 0.25) is 5.78 Å². The van der Waals surface area contributed by atoms with Crippen LogP contribution in [0.3, 0.4) is 0 Å². The molecule has 0 saturated carbocycles. The lowest BCUT2D eigenvalue weighted by Gasteiger charge is -2.07. The molecule has 0 unspecified atom stereocenters. The highest BCUT2D eigenvalue weighted by Gasteiger charge is 2.17. The van der Waals surface area contributed by atoms with E-state index < -0.39 is 0 Å². The van der Waals surface area contributed by atoms with Gasteiger partial charge >= 0.3 is 0 Å². The Morgan fingerprint density at radius 1 is 1.28 bits per heavy atom. The number of carbonyl (C=O) groups excluding carboxylic acids is 1. The van der Waals surface area contributed by atoms with Crippen LogP contribution in [0.5, 0.6) is 5.75 Å². The molecule has 0 radical (unpaired) electrons. The van der Waals surface area contributed by atoms with Crippen molar-refractivity contribution in [1.82, 2.24) is 0 Å². The van der Waals surface area contributed by atoms with Gasteiger partial charge in [0.25, 0.3) is 0 Å². The molecule has 18 heavy (non-hydrogen) atoms. The van der Waals surface area contributed by atoms with Crippen LogP contribution in [0.2, 0.25) is 0 Å². The number of methoxy groups -OCH3 is 1. The Balaban J connectivity index is 2.48. The molecule has 0 fully saturated rings. The molecule has 0 spiro atoms. The highest BCUT2D eigenvalue weighted by atomic mass is 32.1. The smallest absolute Gasteiger partial charge is 0.205 e. The number of nitrogens with two attached hydrogens (primary N) is 1. The van der Waals surface area contributed by atoms with Gasteiger partial charge in [-0.3, -0.25) is 4.79 Å². The monoisotopic (exact) mass is 261 g/mol. The topological polar surface area (TPSA) is 52.3 Å². The molecule has 1 heterocycles. The van der Waals surface area contributed by atoms with Crippen LogP contribution in [-0.2, 0) is 0 Å². The molecule has 2 N–H and O–H groups in total. The van der Waals surface area contributed by atoms with E-state index in [0.29, 0.717) is 17.0 Å². The molecule has 1 aromatic carbocycles. The SMILES string of the molecule is COc1ccc(N)c(C(=O)c2sc(C)cc2C)c1. The largest absolute Gasteiger partial charge is 0.497 e. The summed E-state index contributed by atoms with van der Waals surface area (Å²) in [6.45, 7) is 3.93. The Bertz CT molecular complexity index is 602. The third-order valence-electron chi connectivity index (χ3n) is 2.75. The highest BCUT2D eigenvalue weighted by molar-refractivity contribution is 7.14. The second kappa shape index (κ2) is 4.82. The highest BCUT2D eigenvalue weighted by Crippen LogP contribution is 2.28. The van der Waals surface area contributed by atoms with Crippen LogP contribution in [-0.4, -0.2) is 12.9 Å². The van der Waals surface area contributed by atoms with E-state index in [1.165, 1.54) is 11.3 Å². The molecule has 94 valence electrons. The minimum absolute atomic E-state index is 0.0398. The van der Waals surface area contributed by atoms with E-state index in [-0.39, 0.29) is 5.78 Å². The van der Waals surface area contributed by atoms with Gasteiger partial charge in [0.1, 0.15) is 5.75 Å². The number of thiophene rings is 1. The number of ketones is 1. The summed E-state index contributed by atoms with van der Waals surface area (Å²) < 4.78 is 5.13. The Morgan fingerprint density at radius 3 is 2.56 bits per heavy atom. The normalized spacial score (nSPS) is 10.4. The van der Waals surface area contributed by atoms with E-state index in [1.807, 2.05) is 19.9 Å². The molecular weight excluding hydrogens is 246 g/mol. The van der Waals surface area contributed by atoms with Crippen molar-refractivity contribution in [2.75, 3.05) is 12.8 Å². The molecule has 0 saturated heterocycles. The number of aryl methyl sites for hydroxylation is 2. The molecule has 0 atom stereocenters. The van der Waals surface area contributed by atoms with Gasteiger partial charge in [-0.15, -0.1) is 11.3 Å². The minimum atomic E-state index is -0.0398. The molecule has 0 aliphatic heterocycles. The Labute approximate surface area is 110 Å². The van der Waals surface area contributed by atoms with E-state index in [2.05, 4.69) is 0 Å². The summed E-state index contributed by atoms with van der Waals surface area (Å²) in [6, 6.07) is 7.14. The van der Waals surface area contributed by atoms with Crippen LogP contribution >= 0.6 is 11.3 Å². The van der Waals surface area contributed by atoms with Crippen LogP contribution in [0, 0.1) is 13.8 Å². The first kappa shape index (κ1) is 12.6. The second-order valence-corrected chi connectivity index (χ2v) is 5.41. The second-order valence-electron chi connectivity index (χ2n) is 4.15. The number of rotatable bonds is 3. The molecule has 0 aliphatic rings. The number of anilines is 1. The number of carbonyl (C=O) groups is 1. The lowest BCUT2D eigenvalue weighted by Crippen LogP contribution is -2.05. The summed E-state index contributed by atoms with van der Waals surface area (Å²) in [5.41, 5.74) is 7.84. The van der Waals surface area contributed by atoms with E-state index in [4.69, 9.17) is 10.5 Å². The number of nitrogen functional groups attached to an aromatic ring is 1. The number of hydrogen-bond acceptors (Lipinski definition) is 4. The fourth-order valence-electron chi connectivity index (χ4n) is 1.85. The maximum atomic E-state index is 12.4. The summed E-state index contributed by atoms with van der Waals surface area (Å²) in [4.78, 5) is 14.3. The van der Waals surface area contributed by atoms with Gasteiger partial charge in [0.05, 0.1) is 12.0 Å². The van der Waals surface area contributed by atoms with E-state index in [0.717, 1.165) is 15.3 Å². The quantitative estimate of drug-likeness (QED) is 0.682. The van der Waals surface area contributed by atoms with Crippen LogP contribution in [0.15, 0.2) is 24.3 Å². The molecule has 2 rings (SSSR count). The average molecular weight is 261 g/mol. The summed E-state index contributed by atoms with van der Waals surface area (Å²) >= 11 is 1.49. The number of benzene rings is 1. The van der Waals surface area contributed by atoms with Crippen molar-refractivity contribution >= 4 is 22.8 Å². The van der Waals surface area contributed by atoms with E-state index in [1.54, 1.807) is 25.3 Å². The minimum Gasteiger partial charge on any atom is -0.497 e. The van der Waals surface area contributed by atoms with Gasteiger partial charge in [-0.05, 0) is 43.7 Å². The van der Waals surface area contributed by atoms with Crippen molar-refractivity contribution in [1.29, 1.82) is 0 Å². The van der Waals surface area contributed by atoms with Crippen molar-refractivity contribution in [2.45, 2.75) is 13.8 Å². The molecule has 0 aliphatic carbocycles. The predicted molar refractivity (Wildman–Crippen MR) is 74.6 cm³/mol. The Kier molecular flexibility index (Phi) is 3.39. The molecule has 4 heteroatoms. The van der Waals surface area contributed by atoms with Gasteiger partial charge in [0, 0.05) is 16.1 Å². The third kappa shape index (κ3) is 2.24. The maximum absolute atomic E-state index is 12.4. The first-order chi connectivity index (χ1) is 8.52. The van der Waals surface area contributed by atoms with Crippen LogP contribution in [0.1, 0.15) is 25.7 Å². The lowest BCUT2D eigenvalue weighted by molar-refractivity contribution is 0.104. The van der Waals surface area contributed by atoms with Gasteiger partial charge in [-0.25, -0.2) is 0 Å². The fraction of sp³-hybridized carbons (Fsp3) is 0.214. The maximum Gasteiger partial charge on any atom is 0.205 e. The molecule has 0 bridgehead atoms. The van der Waals surface area contributed by atoms with Crippen molar-refractivity contribution < 1.29 is 9.53 Å². The van der Waals surface area contributed by atoms with Gasteiger partial charge in [-0.2, -0.15) is 0 Å². The Morgan fingerprint density at radius 2 is 2.00 bits per heavy atom. The van der Waals surface area contributed by atoms with E-state index in [9.17, 15) is 4.79 Å². The number of ether oxygens (including phenoxy) is 1. The summed E-state index contributed by atoms with van der Waals surface area (Å²) in [7, 11) is 1.57. The summed E-state index contributed by atoms with van der Waals surface area (Å²) in [5.74, 6) is 0.598.